The molecule has 30 heavy (non-hydrogen) atoms. The summed E-state index contributed by atoms with van der Waals surface area (Å²) in [5.41, 5.74) is 1.73. The van der Waals surface area contributed by atoms with Gasteiger partial charge >= 0.3 is 0 Å². The molecule has 1 fully saturated rings. The maximum Gasteiger partial charge on any atom is 0.178 e. The van der Waals surface area contributed by atoms with Gasteiger partial charge in [-0.3, -0.25) is 9.69 Å². The Morgan fingerprint density at radius 2 is 2.17 bits per heavy atom. The van der Waals surface area contributed by atoms with E-state index in [1.807, 2.05) is 54.2 Å². The number of hydrogen-bond donors (Lipinski definition) is 0. The van der Waals surface area contributed by atoms with Crippen molar-refractivity contribution in [2.75, 3.05) is 31.6 Å². The van der Waals surface area contributed by atoms with Crippen LogP contribution in [0.4, 0.5) is 5.82 Å². The molecule has 154 valence electrons. The monoisotopic (exact) mass is 402 g/mol. The molecule has 0 bridgehead atoms. The second-order valence-electron chi connectivity index (χ2n) is 7.85. The van der Waals surface area contributed by atoms with Crippen LogP contribution in [0.15, 0.2) is 48.8 Å². The highest BCUT2D eigenvalue weighted by atomic mass is 16.1. The van der Waals surface area contributed by atoms with E-state index >= 15 is 0 Å². The molecule has 4 rings (SSSR count). The number of para-hydroxylation sites is 1. The van der Waals surface area contributed by atoms with E-state index in [1.165, 1.54) is 0 Å². The molecule has 2 aromatic heterocycles. The molecule has 0 radical (unpaired) electrons. The molecule has 1 aliphatic rings. The SMILES string of the molecule is CN(CC(=O)c1cn(CCC#N)c2ccccc12)CC1CCCN1c1cccnn1. The fraction of sp³-hybridized carbons (Fsp3) is 0.391. The van der Waals surface area contributed by atoms with Gasteiger partial charge in [0.25, 0.3) is 0 Å². The maximum absolute atomic E-state index is 13.1. The normalized spacial score (nSPS) is 16.3. The van der Waals surface area contributed by atoms with E-state index in [0.29, 0.717) is 25.6 Å². The molecule has 0 saturated carbocycles. The molecular formula is C23H26N6O. The van der Waals surface area contributed by atoms with E-state index in [0.717, 1.165) is 48.2 Å². The van der Waals surface area contributed by atoms with Crippen molar-refractivity contribution in [2.45, 2.75) is 31.8 Å². The number of nitrogens with zero attached hydrogens (tertiary/aromatic N) is 6. The van der Waals surface area contributed by atoms with Crippen molar-refractivity contribution in [1.29, 1.82) is 5.26 Å². The summed E-state index contributed by atoms with van der Waals surface area (Å²) < 4.78 is 2.01. The topological polar surface area (TPSA) is 78.0 Å². The van der Waals surface area contributed by atoms with Gasteiger partial charge in [0.15, 0.2) is 11.6 Å². The number of nitriles is 1. The van der Waals surface area contributed by atoms with Crippen molar-refractivity contribution in [3.8, 4) is 6.07 Å². The van der Waals surface area contributed by atoms with Crippen LogP contribution < -0.4 is 4.90 Å². The zero-order valence-electron chi connectivity index (χ0n) is 17.2. The van der Waals surface area contributed by atoms with Crippen molar-refractivity contribution < 1.29 is 4.79 Å². The van der Waals surface area contributed by atoms with Crippen LogP contribution in [0.2, 0.25) is 0 Å². The largest absolute Gasteiger partial charge is 0.351 e. The van der Waals surface area contributed by atoms with Gasteiger partial charge in [0, 0.05) is 54.5 Å². The van der Waals surface area contributed by atoms with Gasteiger partial charge in [-0.1, -0.05) is 18.2 Å². The maximum atomic E-state index is 13.1. The number of ketones is 1. The minimum atomic E-state index is 0.105. The number of anilines is 1. The molecule has 1 unspecified atom stereocenters. The van der Waals surface area contributed by atoms with E-state index in [2.05, 4.69) is 26.1 Å². The minimum Gasteiger partial charge on any atom is -0.351 e. The predicted octanol–water partition coefficient (Wildman–Crippen LogP) is 3.13. The smallest absolute Gasteiger partial charge is 0.178 e. The fourth-order valence-electron chi connectivity index (χ4n) is 4.35. The lowest BCUT2D eigenvalue weighted by Gasteiger charge is -2.28. The fourth-order valence-corrected chi connectivity index (χ4v) is 4.35. The molecule has 0 spiro atoms. The lowest BCUT2D eigenvalue weighted by Crippen LogP contribution is -2.41. The average molecular weight is 403 g/mol. The Hall–Kier alpha value is -3.24. The first kappa shape index (κ1) is 20.0. The second-order valence-corrected chi connectivity index (χ2v) is 7.85. The molecule has 1 aromatic carbocycles. The number of aryl methyl sites for hydroxylation is 1. The third-order valence-electron chi connectivity index (χ3n) is 5.72. The zero-order chi connectivity index (χ0) is 20.9. The van der Waals surface area contributed by atoms with E-state index in [9.17, 15) is 4.79 Å². The first-order valence-electron chi connectivity index (χ1n) is 10.4. The number of Topliss-reactive ketones (excluding diaryl/α,β-unsaturated/α-hetero) is 1. The van der Waals surface area contributed by atoms with Crippen LogP contribution in [-0.4, -0.2) is 58.2 Å². The van der Waals surface area contributed by atoms with Gasteiger partial charge in [-0.2, -0.15) is 10.4 Å². The number of carbonyl (C=O) groups excluding carboxylic acids is 1. The predicted molar refractivity (Wildman–Crippen MR) is 116 cm³/mol. The standard InChI is InChI=1S/C23H26N6O/c1-27(15-18-7-5-14-29(18)23-10-4-12-25-26-23)17-22(30)20-16-28(13-6-11-24)21-9-3-2-8-19(20)21/h2-4,8-10,12,16,18H,5-7,13-15,17H2,1H3. The molecule has 1 saturated heterocycles. The van der Waals surface area contributed by atoms with Gasteiger partial charge in [-0.15, -0.1) is 5.10 Å². The third kappa shape index (κ3) is 4.19. The molecular weight excluding hydrogens is 376 g/mol. The minimum absolute atomic E-state index is 0.105. The Morgan fingerprint density at radius 3 is 2.97 bits per heavy atom. The summed E-state index contributed by atoms with van der Waals surface area (Å²) in [7, 11) is 2.00. The van der Waals surface area contributed by atoms with Crippen LogP contribution in [0.1, 0.15) is 29.6 Å². The third-order valence-corrected chi connectivity index (χ3v) is 5.72. The van der Waals surface area contributed by atoms with E-state index in [-0.39, 0.29) is 5.78 Å². The van der Waals surface area contributed by atoms with Crippen molar-refractivity contribution in [3.63, 3.8) is 0 Å². The molecule has 0 amide bonds. The summed E-state index contributed by atoms with van der Waals surface area (Å²) >= 11 is 0. The van der Waals surface area contributed by atoms with Crippen LogP contribution in [0.5, 0.6) is 0 Å². The quantitative estimate of drug-likeness (QED) is 0.539. The highest BCUT2D eigenvalue weighted by Gasteiger charge is 2.27. The van der Waals surface area contributed by atoms with Gasteiger partial charge in [0.05, 0.1) is 19.0 Å². The van der Waals surface area contributed by atoms with E-state index in [1.54, 1.807) is 6.20 Å². The number of hydrogen-bond acceptors (Lipinski definition) is 6. The first-order valence-corrected chi connectivity index (χ1v) is 10.4. The van der Waals surface area contributed by atoms with Crippen molar-refractivity contribution in [1.82, 2.24) is 19.7 Å². The van der Waals surface area contributed by atoms with Gasteiger partial charge in [-0.05, 0) is 38.1 Å². The Balaban J connectivity index is 1.46. The van der Waals surface area contributed by atoms with Gasteiger partial charge < -0.3 is 9.47 Å². The Morgan fingerprint density at radius 1 is 1.30 bits per heavy atom. The Labute approximate surface area is 176 Å². The number of fused-ring (bicyclic) bond motifs is 1. The highest BCUT2D eigenvalue weighted by Crippen LogP contribution is 2.25. The molecule has 0 aliphatic carbocycles. The van der Waals surface area contributed by atoms with E-state index in [4.69, 9.17) is 5.26 Å². The van der Waals surface area contributed by atoms with Crippen molar-refractivity contribution in [3.05, 3.63) is 54.4 Å². The summed E-state index contributed by atoms with van der Waals surface area (Å²) in [5, 5.41) is 18.1. The lowest BCUT2D eigenvalue weighted by molar-refractivity contribution is 0.0945. The number of aromatic nitrogens is 3. The number of carbonyl (C=O) groups is 1. The Kier molecular flexibility index (Phi) is 6.05. The number of likely N-dealkylation sites (N-methyl/N-ethyl adjacent to an activating group) is 1. The lowest BCUT2D eigenvalue weighted by atomic mass is 10.1. The molecule has 1 atom stereocenters. The molecule has 7 nitrogen and oxygen atoms in total. The summed E-state index contributed by atoms with van der Waals surface area (Å²) in [5.74, 6) is 1.01. The summed E-state index contributed by atoms with van der Waals surface area (Å²) in [6.45, 7) is 2.72. The summed E-state index contributed by atoms with van der Waals surface area (Å²) in [6, 6.07) is 14.3. The van der Waals surface area contributed by atoms with Crippen LogP contribution in [0.3, 0.4) is 0 Å². The van der Waals surface area contributed by atoms with Crippen LogP contribution in [-0.2, 0) is 6.54 Å². The van der Waals surface area contributed by atoms with Crippen LogP contribution >= 0.6 is 0 Å². The highest BCUT2D eigenvalue weighted by molar-refractivity contribution is 6.09. The second kappa shape index (κ2) is 9.06. The van der Waals surface area contributed by atoms with Crippen molar-refractivity contribution >= 4 is 22.5 Å². The van der Waals surface area contributed by atoms with E-state index < -0.39 is 0 Å². The molecule has 3 heterocycles. The molecule has 1 aliphatic heterocycles. The van der Waals surface area contributed by atoms with Crippen molar-refractivity contribution in [2.24, 2.45) is 0 Å². The summed E-state index contributed by atoms with van der Waals surface area (Å²) in [6.07, 6.45) is 6.22. The number of rotatable bonds is 8. The van der Waals surface area contributed by atoms with Crippen LogP contribution in [0.25, 0.3) is 10.9 Å². The van der Waals surface area contributed by atoms with Gasteiger partial charge in [0.1, 0.15) is 0 Å². The van der Waals surface area contributed by atoms with Gasteiger partial charge in [0.2, 0.25) is 0 Å². The zero-order valence-corrected chi connectivity index (χ0v) is 17.2. The number of benzene rings is 1. The molecule has 3 aromatic rings. The summed E-state index contributed by atoms with van der Waals surface area (Å²) in [4.78, 5) is 17.5. The van der Waals surface area contributed by atoms with Gasteiger partial charge in [-0.25, -0.2) is 0 Å². The molecule has 7 heteroatoms. The molecule has 0 N–H and O–H groups in total. The Bertz CT molecular complexity index is 1050. The first-order chi connectivity index (χ1) is 14.7. The average Bonchev–Trinajstić information content (AvgIpc) is 3.37. The van der Waals surface area contributed by atoms with Crippen LogP contribution in [0, 0.1) is 11.3 Å².